The van der Waals surface area contributed by atoms with Gasteiger partial charge in [-0.05, 0) is 26.3 Å². The number of hydrogen-bond donors (Lipinski definition) is 1. The molecule has 1 N–H and O–H groups in total. The summed E-state index contributed by atoms with van der Waals surface area (Å²) in [5.74, 6) is -1.04. The lowest BCUT2D eigenvalue weighted by Gasteiger charge is -2.24. The van der Waals surface area contributed by atoms with Crippen LogP contribution < -0.4 is 0 Å². The number of carbonyl (C=O) groups excluding carboxylic acids is 1. The van der Waals surface area contributed by atoms with Gasteiger partial charge < -0.3 is 14.6 Å². The molecule has 0 aromatic heterocycles. The van der Waals surface area contributed by atoms with E-state index in [1.807, 2.05) is 51.1 Å². The number of amides is 1. The van der Waals surface area contributed by atoms with Gasteiger partial charge in [0, 0.05) is 6.42 Å². The summed E-state index contributed by atoms with van der Waals surface area (Å²) >= 11 is 0. The number of carbonyl (C=O) groups is 2. The van der Waals surface area contributed by atoms with E-state index in [9.17, 15) is 14.7 Å². The number of ether oxygens (including phenoxy) is 2. The zero-order valence-electron chi connectivity index (χ0n) is 13.7. The Morgan fingerprint density at radius 1 is 1.26 bits per heavy atom. The molecule has 2 rings (SSSR count). The van der Waals surface area contributed by atoms with Crippen molar-refractivity contribution in [1.82, 2.24) is 4.90 Å². The van der Waals surface area contributed by atoms with Crippen molar-refractivity contribution >= 4 is 12.1 Å². The van der Waals surface area contributed by atoms with Gasteiger partial charge in [-0.25, -0.2) is 9.59 Å². The molecular weight excluding hydrogens is 298 g/mol. The molecule has 0 aliphatic carbocycles. The van der Waals surface area contributed by atoms with E-state index in [-0.39, 0.29) is 25.7 Å². The van der Waals surface area contributed by atoms with E-state index in [0.29, 0.717) is 0 Å². The highest BCUT2D eigenvalue weighted by atomic mass is 16.6. The molecule has 0 unspecified atom stereocenters. The van der Waals surface area contributed by atoms with Crippen molar-refractivity contribution in [2.45, 2.75) is 51.5 Å². The van der Waals surface area contributed by atoms with Gasteiger partial charge in [0.1, 0.15) is 12.6 Å². The first kappa shape index (κ1) is 17.3. The molecule has 23 heavy (non-hydrogen) atoms. The van der Waals surface area contributed by atoms with Gasteiger partial charge in [0.2, 0.25) is 0 Å². The lowest BCUT2D eigenvalue weighted by molar-refractivity contribution is -0.142. The van der Waals surface area contributed by atoms with Crippen LogP contribution in [0.4, 0.5) is 4.79 Å². The maximum absolute atomic E-state index is 12.2. The first-order valence-electron chi connectivity index (χ1n) is 7.64. The van der Waals surface area contributed by atoms with Crippen molar-refractivity contribution in [3.8, 4) is 0 Å². The fraction of sp³-hybridized carbons (Fsp3) is 0.529. The van der Waals surface area contributed by atoms with Crippen LogP contribution in [0.2, 0.25) is 0 Å². The Morgan fingerprint density at radius 3 is 2.48 bits per heavy atom. The molecule has 1 saturated heterocycles. The van der Waals surface area contributed by atoms with Crippen molar-refractivity contribution in [3.63, 3.8) is 0 Å². The highest BCUT2D eigenvalue weighted by molar-refractivity contribution is 5.80. The van der Waals surface area contributed by atoms with Crippen molar-refractivity contribution in [3.05, 3.63) is 35.9 Å². The topological polar surface area (TPSA) is 76.1 Å². The molecule has 1 heterocycles. The van der Waals surface area contributed by atoms with Gasteiger partial charge in [0.05, 0.1) is 18.2 Å². The first-order valence-corrected chi connectivity index (χ1v) is 7.64. The monoisotopic (exact) mass is 321 g/mol. The van der Waals surface area contributed by atoms with Crippen molar-refractivity contribution in [2.24, 2.45) is 0 Å². The number of aliphatic carboxylic acids is 1. The number of carboxylic acids is 1. The van der Waals surface area contributed by atoms with E-state index < -0.39 is 23.7 Å². The van der Waals surface area contributed by atoms with Crippen molar-refractivity contribution in [1.29, 1.82) is 0 Å². The van der Waals surface area contributed by atoms with Gasteiger partial charge in [-0.15, -0.1) is 0 Å². The van der Waals surface area contributed by atoms with Crippen LogP contribution in [-0.4, -0.2) is 46.4 Å². The average Bonchev–Trinajstić information content (AvgIpc) is 2.88. The number of hydrogen-bond acceptors (Lipinski definition) is 4. The zero-order chi connectivity index (χ0) is 17.0. The Bertz CT molecular complexity index is 552. The van der Waals surface area contributed by atoms with Gasteiger partial charge >= 0.3 is 12.1 Å². The highest BCUT2D eigenvalue weighted by Gasteiger charge is 2.42. The van der Waals surface area contributed by atoms with Crippen LogP contribution in [0.3, 0.4) is 0 Å². The Hall–Kier alpha value is -2.08. The third-order valence-corrected chi connectivity index (χ3v) is 3.51. The smallest absolute Gasteiger partial charge is 0.410 e. The van der Waals surface area contributed by atoms with Gasteiger partial charge in [-0.2, -0.15) is 0 Å². The summed E-state index contributed by atoms with van der Waals surface area (Å²) in [7, 11) is 0. The van der Waals surface area contributed by atoms with Crippen LogP contribution in [0.15, 0.2) is 30.3 Å². The standard InChI is InChI=1S/C17H23NO5/c1-17(2,3)23-13-9-14(15(19)20)18(10-13)16(21)22-11-12-7-5-4-6-8-12/h4-8,13-14H,9-11H2,1-3H3,(H,19,20)/t13-,14-/m1/s1. The quantitative estimate of drug-likeness (QED) is 0.922. The van der Waals surface area contributed by atoms with Crippen LogP contribution in [-0.2, 0) is 20.9 Å². The molecule has 1 aromatic rings. The van der Waals surface area contributed by atoms with Gasteiger partial charge in [0.15, 0.2) is 0 Å². The van der Waals surface area contributed by atoms with Crippen LogP contribution in [0.1, 0.15) is 32.8 Å². The number of benzene rings is 1. The SMILES string of the molecule is CC(C)(C)O[C@@H]1C[C@H](C(=O)O)N(C(=O)OCc2ccccc2)C1. The normalized spacial score (nSPS) is 21.3. The minimum Gasteiger partial charge on any atom is -0.480 e. The number of rotatable bonds is 4. The summed E-state index contributed by atoms with van der Waals surface area (Å²) in [5, 5.41) is 9.33. The molecule has 6 nitrogen and oxygen atoms in total. The average molecular weight is 321 g/mol. The molecule has 1 aromatic carbocycles. The molecule has 0 saturated carbocycles. The second-order valence-electron chi connectivity index (χ2n) is 6.63. The first-order chi connectivity index (χ1) is 10.8. The lowest BCUT2D eigenvalue weighted by atomic mass is 10.1. The van der Waals surface area contributed by atoms with E-state index in [1.165, 1.54) is 4.90 Å². The highest BCUT2D eigenvalue weighted by Crippen LogP contribution is 2.25. The predicted molar refractivity (Wildman–Crippen MR) is 84.0 cm³/mol. The minimum atomic E-state index is -1.04. The minimum absolute atomic E-state index is 0.118. The molecule has 1 aliphatic rings. The molecule has 1 amide bonds. The molecule has 0 radical (unpaired) electrons. The fourth-order valence-electron chi connectivity index (χ4n) is 2.62. The number of nitrogens with zero attached hydrogens (tertiary/aromatic N) is 1. The van der Waals surface area contributed by atoms with E-state index in [1.54, 1.807) is 0 Å². The zero-order valence-corrected chi connectivity index (χ0v) is 13.7. The van der Waals surface area contributed by atoms with E-state index >= 15 is 0 Å². The number of likely N-dealkylation sites (tertiary alicyclic amines) is 1. The summed E-state index contributed by atoms with van der Waals surface area (Å²) in [6.07, 6.45) is -0.658. The Labute approximate surface area is 136 Å². The third kappa shape index (κ3) is 4.96. The molecule has 0 bridgehead atoms. The van der Waals surface area contributed by atoms with Gasteiger partial charge in [0.25, 0.3) is 0 Å². The van der Waals surface area contributed by atoms with Crippen LogP contribution in [0.25, 0.3) is 0 Å². The maximum Gasteiger partial charge on any atom is 0.410 e. The Morgan fingerprint density at radius 2 is 1.91 bits per heavy atom. The largest absolute Gasteiger partial charge is 0.480 e. The Balaban J connectivity index is 1.97. The van der Waals surface area contributed by atoms with Crippen LogP contribution >= 0.6 is 0 Å². The summed E-state index contributed by atoms with van der Waals surface area (Å²) in [6.45, 7) is 6.05. The van der Waals surface area contributed by atoms with E-state index in [0.717, 1.165) is 5.56 Å². The third-order valence-electron chi connectivity index (χ3n) is 3.51. The van der Waals surface area contributed by atoms with Gasteiger partial charge in [-0.1, -0.05) is 30.3 Å². The summed E-state index contributed by atoms with van der Waals surface area (Å²) in [4.78, 5) is 24.9. The lowest BCUT2D eigenvalue weighted by Crippen LogP contribution is -2.41. The van der Waals surface area contributed by atoms with Crippen LogP contribution in [0, 0.1) is 0 Å². The number of carboxylic acid groups (broad SMARTS) is 1. The molecule has 0 spiro atoms. The molecule has 1 aliphatic heterocycles. The maximum atomic E-state index is 12.2. The summed E-state index contributed by atoms with van der Waals surface area (Å²) < 4.78 is 11.0. The predicted octanol–water partition coefficient (Wildman–Crippen LogP) is 2.67. The van der Waals surface area contributed by atoms with Crippen LogP contribution in [0.5, 0.6) is 0 Å². The van der Waals surface area contributed by atoms with E-state index in [2.05, 4.69) is 0 Å². The molecule has 126 valence electrons. The molecule has 6 heteroatoms. The van der Waals surface area contributed by atoms with Crippen molar-refractivity contribution in [2.75, 3.05) is 6.54 Å². The van der Waals surface area contributed by atoms with E-state index in [4.69, 9.17) is 9.47 Å². The van der Waals surface area contributed by atoms with Gasteiger partial charge in [-0.3, -0.25) is 4.90 Å². The molecule has 1 fully saturated rings. The second-order valence-corrected chi connectivity index (χ2v) is 6.63. The fourth-order valence-corrected chi connectivity index (χ4v) is 2.62. The summed E-state index contributed by atoms with van der Waals surface area (Å²) in [5.41, 5.74) is 0.465. The second kappa shape index (κ2) is 7.00. The Kier molecular flexibility index (Phi) is 5.26. The molecule has 2 atom stereocenters. The molecular formula is C17H23NO5. The summed E-state index contributed by atoms with van der Waals surface area (Å²) in [6, 6.07) is 8.36. The van der Waals surface area contributed by atoms with Crippen molar-refractivity contribution < 1.29 is 24.2 Å².